The van der Waals surface area contributed by atoms with Crippen molar-refractivity contribution in [3.8, 4) is 5.75 Å². The van der Waals surface area contributed by atoms with Gasteiger partial charge in [-0.3, -0.25) is 4.79 Å². The Bertz CT molecular complexity index is 586. The number of halogens is 1. The molecule has 1 aromatic rings. The second-order valence-corrected chi connectivity index (χ2v) is 8.42. The van der Waals surface area contributed by atoms with Crippen LogP contribution >= 0.6 is 12.4 Å². The van der Waals surface area contributed by atoms with Crippen molar-refractivity contribution in [1.29, 1.82) is 0 Å². The first-order chi connectivity index (χ1) is 15.2. The Morgan fingerprint density at radius 2 is 1.44 bits per heavy atom. The van der Waals surface area contributed by atoms with E-state index in [9.17, 15) is 4.79 Å². The summed E-state index contributed by atoms with van der Waals surface area (Å²) in [5, 5.41) is 0. The summed E-state index contributed by atoms with van der Waals surface area (Å²) in [6.07, 6.45) is 10.6. The van der Waals surface area contributed by atoms with Crippen LogP contribution in [0, 0.1) is 0 Å². The number of aryl methyl sites for hydroxylation is 1. The molecule has 0 N–H and O–H groups in total. The molecule has 0 bridgehead atoms. The van der Waals surface area contributed by atoms with Crippen molar-refractivity contribution < 1.29 is 14.3 Å². The molecule has 1 aromatic carbocycles. The summed E-state index contributed by atoms with van der Waals surface area (Å²) in [6, 6.07) is 5.96. The highest BCUT2D eigenvalue weighted by Gasteiger charge is 2.12. The molecule has 0 fully saturated rings. The van der Waals surface area contributed by atoms with E-state index in [1.165, 1.54) is 32.1 Å². The molecule has 5 heteroatoms. The van der Waals surface area contributed by atoms with Gasteiger partial charge in [0.25, 0.3) is 0 Å². The standard InChI is InChI=1S/C27H47NO3.ClH/c1-5-9-17-28(18-10-6-2)19-16-26(29)25-14-15-27(24(8-4)23-25)31-22-13-12-21-30-20-11-7-3;/h14-15,23H,5-13,16-22H2,1-4H3;1H. The van der Waals surface area contributed by atoms with E-state index in [-0.39, 0.29) is 18.2 Å². The minimum Gasteiger partial charge on any atom is -0.493 e. The zero-order valence-electron chi connectivity index (χ0n) is 21.1. The van der Waals surface area contributed by atoms with Gasteiger partial charge in [0.1, 0.15) is 5.75 Å². The Morgan fingerprint density at radius 3 is 2.06 bits per heavy atom. The molecular formula is C27H48ClNO3. The third-order valence-corrected chi connectivity index (χ3v) is 5.66. The summed E-state index contributed by atoms with van der Waals surface area (Å²) in [6.45, 7) is 14.2. The van der Waals surface area contributed by atoms with Crippen LogP contribution in [0.4, 0.5) is 0 Å². The van der Waals surface area contributed by atoms with E-state index in [1.54, 1.807) is 0 Å². The summed E-state index contributed by atoms with van der Waals surface area (Å²) < 4.78 is 11.6. The fourth-order valence-corrected chi connectivity index (χ4v) is 3.51. The Balaban J connectivity index is 0.00000961. The Hall–Kier alpha value is -1.10. The maximum Gasteiger partial charge on any atom is 0.164 e. The maximum atomic E-state index is 12.8. The molecule has 0 saturated heterocycles. The van der Waals surface area contributed by atoms with Gasteiger partial charge in [-0.1, -0.05) is 47.0 Å². The van der Waals surface area contributed by atoms with Crippen LogP contribution in [-0.2, 0) is 11.2 Å². The highest BCUT2D eigenvalue weighted by Crippen LogP contribution is 2.22. The predicted octanol–water partition coefficient (Wildman–Crippen LogP) is 7.12. The number of Topliss-reactive ketones (excluding diaryl/α,β-unsaturated/α-hetero) is 1. The van der Waals surface area contributed by atoms with Gasteiger partial charge in [0.2, 0.25) is 0 Å². The number of hydrogen-bond acceptors (Lipinski definition) is 4. The van der Waals surface area contributed by atoms with Gasteiger partial charge >= 0.3 is 0 Å². The third-order valence-electron chi connectivity index (χ3n) is 5.66. The molecule has 0 amide bonds. The van der Waals surface area contributed by atoms with Gasteiger partial charge in [0, 0.05) is 31.7 Å². The molecule has 0 spiro atoms. The van der Waals surface area contributed by atoms with Gasteiger partial charge in [0.15, 0.2) is 5.78 Å². The first-order valence-corrected chi connectivity index (χ1v) is 12.7. The van der Waals surface area contributed by atoms with E-state index in [0.717, 1.165) is 75.4 Å². The van der Waals surface area contributed by atoms with Crippen LogP contribution in [-0.4, -0.2) is 50.1 Å². The number of ketones is 1. The van der Waals surface area contributed by atoms with Gasteiger partial charge in [-0.05, 0) is 75.4 Å². The molecule has 0 aromatic heterocycles. The quantitative estimate of drug-likeness (QED) is 0.150. The molecule has 32 heavy (non-hydrogen) atoms. The predicted molar refractivity (Wildman–Crippen MR) is 139 cm³/mol. The number of unbranched alkanes of at least 4 members (excludes halogenated alkanes) is 4. The highest BCUT2D eigenvalue weighted by molar-refractivity contribution is 5.96. The fraction of sp³-hybridized carbons (Fsp3) is 0.741. The molecule has 0 heterocycles. The number of ether oxygens (including phenoxy) is 2. The number of benzene rings is 1. The van der Waals surface area contributed by atoms with Crippen LogP contribution in [0.1, 0.15) is 101 Å². The van der Waals surface area contributed by atoms with Gasteiger partial charge in [-0.15, -0.1) is 12.4 Å². The Morgan fingerprint density at radius 1 is 0.812 bits per heavy atom. The van der Waals surface area contributed by atoms with Gasteiger partial charge in [-0.2, -0.15) is 0 Å². The van der Waals surface area contributed by atoms with E-state index in [0.29, 0.717) is 13.0 Å². The van der Waals surface area contributed by atoms with Crippen LogP contribution in [0.25, 0.3) is 0 Å². The molecule has 1 rings (SSSR count). The average Bonchev–Trinajstić information content (AvgIpc) is 2.80. The van der Waals surface area contributed by atoms with E-state index in [1.807, 2.05) is 18.2 Å². The first-order valence-electron chi connectivity index (χ1n) is 12.7. The van der Waals surface area contributed by atoms with Crippen molar-refractivity contribution in [2.24, 2.45) is 0 Å². The van der Waals surface area contributed by atoms with E-state index < -0.39 is 0 Å². The summed E-state index contributed by atoms with van der Waals surface area (Å²) in [5.41, 5.74) is 1.94. The lowest BCUT2D eigenvalue weighted by atomic mass is 10.0. The van der Waals surface area contributed by atoms with Crippen molar-refractivity contribution in [2.75, 3.05) is 39.5 Å². The SMILES string of the molecule is CCCCOCCCCOc1ccc(C(=O)CCN(CCCC)CCCC)cc1CC.Cl. The van der Waals surface area contributed by atoms with Crippen molar-refractivity contribution in [3.63, 3.8) is 0 Å². The first kappa shape index (κ1) is 30.9. The summed E-state index contributed by atoms with van der Waals surface area (Å²) >= 11 is 0. The average molecular weight is 470 g/mol. The van der Waals surface area contributed by atoms with Crippen LogP contribution in [0.3, 0.4) is 0 Å². The lowest BCUT2D eigenvalue weighted by Crippen LogP contribution is -2.28. The fourth-order valence-electron chi connectivity index (χ4n) is 3.51. The summed E-state index contributed by atoms with van der Waals surface area (Å²) in [7, 11) is 0. The topological polar surface area (TPSA) is 38.8 Å². The Kier molecular flexibility index (Phi) is 19.8. The summed E-state index contributed by atoms with van der Waals surface area (Å²) in [5.74, 6) is 1.15. The molecular weight excluding hydrogens is 422 g/mol. The molecule has 0 aliphatic rings. The largest absolute Gasteiger partial charge is 0.493 e. The van der Waals surface area contributed by atoms with Crippen LogP contribution in [0.15, 0.2) is 18.2 Å². The monoisotopic (exact) mass is 469 g/mol. The Labute approximate surface area is 203 Å². The van der Waals surface area contributed by atoms with Gasteiger partial charge in [0.05, 0.1) is 6.61 Å². The number of carbonyl (C=O) groups is 1. The molecule has 0 aliphatic carbocycles. The highest BCUT2D eigenvalue weighted by atomic mass is 35.5. The minimum absolute atomic E-state index is 0. The second-order valence-electron chi connectivity index (χ2n) is 8.42. The molecule has 4 nitrogen and oxygen atoms in total. The van der Waals surface area contributed by atoms with Crippen molar-refractivity contribution in [1.82, 2.24) is 4.90 Å². The minimum atomic E-state index is 0. The van der Waals surface area contributed by atoms with Crippen LogP contribution in [0.2, 0.25) is 0 Å². The number of nitrogens with zero attached hydrogens (tertiary/aromatic N) is 1. The molecule has 0 saturated carbocycles. The van der Waals surface area contributed by atoms with Crippen LogP contribution in [0.5, 0.6) is 5.75 Å². The van der Waals surface area contributed by atoms with Gasteiger partial charge < -0.3 is 14.4 Å². The third kappa shape index (κ3) is 13.4. The zero-order chi connectivity index (χ0) is 22.7. The van der Waals surface area contributed by atoms with E-state index >= 15 is 0 Å². The molecule has 0 atom stereocenters. The summed E-state index contributed by atoms with van der Waals surface area (Å²) in [4.78, 5) is 15.3. The molecule has 186 valence electrons. The lowest BCUT2D eigenvalue weighted by Gasteiger charge is -2.21. The number of carbonyl (C=O) groups excluding carboxylic acids is 1. The molecule has 0 aliphatic heterocycles. The molecule has 0 radical (unpaired) electrons. The van der Waals surface area contributed by atoms with Crippen LogP contribution < -0.4 is 4.74 Å². The number of hydrogen-bond donors (Lipinski definition) is 0. The number of rotatable bonds is 20. The maximum absolute atomic E-state index is 12.8. The normalized spacial score (nSPS) is 10.9. The van der Waals surface area contributed by atoms with Gasteiger partial charge in [-0.25, -0.2) is 0 Å². The lowest BCUT2D eigenvalue weighted by molar-refractivity contribution is 0.0963. The van der Waals surface area contributed by atoms with E-state index in [4.69, 9.17) is 9.47 Å². The smallest absolute Gasteiger partial charge is 0.164 e. The van der Waals surface area contributed by atoms with Crippen molar-refractivity contribution in [2.45, 2.75) is 91.9 Å². The zero-order valence-corrected chi connectivity index (χ0v) is 21.9. The second kappa shape index (κ2) is 20.5. The molecule has 0 unspecified atom stereocenters. The van der Waals surface area contributed by atoms with Crippen molar-refractivity contribution >= 4 is 18.2 Å². The van der Waals surface area contributed by atoms with Crippen molar-refractivity contribution in [3.05, 3.63) is 29.3 Å². The van der Waals surface area contributed by atoms with E-state index in [2.05, 4.69) is 32.6 Å².